The zero-order valence-corrected chi connectivity index (χ0v) is 8.28. The lowest BCUT2D eigenvalue weighted by Gasteiger charge is -2.00. The average Bonchev–Trinajstić information content (AvgIpc) is 2.20. The second-order valence-corrected chi connectivity index (χ2v) is 2.96. The molecule has 0 atom stereocenters. The number of phenols is 1. The number of ketones is 1. The third-order valence-electron chi connectivity index (χ3n) is 1.79. The summed E-state index contributed by atoms with van der Waals surface area (Å²) < 4.78 is 0. The van der Waals surface area contributed by atoms with E-state index in [1.54, 1.807) is 6.07 Å². The molecule has 76 valence electrons. The van der Waals surface area contributed by atoms with Crippen LogP contribution in [0.15, 0.2) is 18.2 Å². The molecule has 3 nitrogen and oxygen atoms in total. The summed E-state index contributed by atoms with van der Waals surface area (Å²) in [7, 11) is 0. The summed E-state index contributed by atoms with van der Waals surface area (Å²) in [6, 6.07) is 4.52. The fourth-order valence-electron chi connectivity index (χ4n) is 1.09. The molecular formula is C12H10O3. The summed E-state index contributed by atoms with van der Waals surface area (Å²) in [4.78, 5) is 21.1. The van der Waals surface area contributed by atoms with E-state index < -0.39 is 0 Å². The molecule has 0 fully saturated rings. The van der Waals surface area contributed by atoms with Crippen LogP contribution in [0.2, 0.25) is 0 Å². The second kappa shape index (κ2) is 4.97. The van der Waals surface area contributed by atoms with E-state index in [-0.39, 0.29) is 23.5 Å². The minimum Gasteiger partial charge on any atom is -0.507 e. The molecule has 1 N–H and O–H groups in total. The van der Waals surface area contributed by atoms with Crippen LogP contribution in [0.25, 0.3) is 0 Å². The van der Waals surface area contributed by atoms with Gasteiger partial charge in [0.15, 0.2) is 5.78 Å². The van der Waals surface area contributed by atoms with E-state index >= 15 is 0 Å². The quantitative estimate of drug-likeness (QED) is 0.449. The highest BCUT2D eigenvalue weighted by atomic mass is 16.3. The minimum atomic E-state index is -0.216. The summed E-state index contributed by atoms with van der Waals surface area (Å²) in [5.74, 6) is 5.08. The van der Waals surface area contributed by atoms with E-state index in [2.05, 4.69) is 11.8 Å². The van der Waals surface area contributed by atoms with Gasteiger partial charge < -0.3 is 9.90 Å². The van der Waals surface area contributed by atoms with Gasteiger partial charge in [-0.2, -0.15) is 0 Å². The SMILES string of the molecule is CC(=O)c1cc(C#CCC=O)ccc1O. The van der Waals surface area contributed by atoms with Crippen molar-refractivity contribution in [1.29, 1.82) is 0 Å². The Balaban J connectivity index is 3.04. The molecule has 3 heteroatoms. The number of carbonyl (C=O) groups excluding carboxylic acids is 2. The Morgan fingerprint density at radius 3 is 2.87 bits per heavy atom. The number of carbonyl (C=O) groups is 2. The molecule has 0 aliphatic carbocycles. The molecule has 0 bridgehead atoms. The molecule has 0 aromatic heterocycles. The first-order valence-corrected chi connectivity index (χ1v) is 4.41. The van der Waals surface area contributed by atoms with Crippen LogP contribution in [-0.2, 0) is 4.79 Å². The van der Waals surface area contributed by atoms with Crippen molar-refractivity contribution in [3.05, 3.63) is 29.3 Å². The highest BCUT2D eigenvalue weighted by molar-refractivity contribution is 5.97. The van der Waals surface area contributed by atoms with E-state index in [0.717, 1.165) is 0 Å². The maximum Gasteiger partial charge on any atom is 0.163 e. The van der Waals surface area contributed by atoms with Crippen LogP contribution in [-0.4, -0.2) is 17.2 Å². The van der Waals surface area contributed by atoms with Crippen molar-refractivity contribution in [2.75, 3.05) is 0 Å². The third kappa shape index (κ3) is 2.96. The molecule has 0 aliphatic heterocycles. The molecule has 1 rings (SSSR count). The van der Waals surface area contributed by atoms with E-state index in [1.807, 2.05) is 0 Å². The molecule has 0 saturated heterocycles. The Morgan fingerprint density at radius 2 is 2.27 bits per heavy atom. The molecule has 1 aromatic rings. The van der Waals surface area contributed by atoms with Crippen LogP contribution in [0.5, 0.6) is 5.75 Å². The third-order valence-corrected chi connectivity index (χ3v) is 1.79. The molecule has 0 heterocycles. The van der Waals surface area contributed by atoms with Gasteiger partial charge in [-0.25, -0.2) is 0 Å². The highest BCUT2D eigenvalue weighted by Crippen LogP contribution is 2.18. The number of aromatic hydroxyl groups is 1. The Kier molecular flexibility index (Phi) is 3.64. The fraction of sp³-hybridized carbons (Fsp3) is 0.167. The van der Waals surface area contributed by atoms with Gasteiger partial charge in [-0.05, 0) is 25.1 Å². The van der Waals surface area contributed by atoms with Crippen LogP contribution < -0.4 is 0 Å². The zero-order chi connectivity index (χ0) is 11.3. The van der Waals surface area contributed by atoms with Gasteiger partial charge in [-0.15, -0.1) is 0 Å². The lowest BCUT2D eigenvalue weighted by molar-refractivity contribution is -0.107. The van der Waals surface area contributed by atoms with E-state index in [9.17, 15) is 14.7 Å². The summed E-state index contributed by atoms with van der Waals surface area (Å²) in [5.41, 5.74) is 0.854. The van der Waals surface area contributed by atoms with E-state index in [0.29, 0.717) is 11.8 Å². The van der Waals surface area contributed by atoms with Gasteiger partial charge in [0, 0.05) is 5.56 Å². The number of rotatable bonds is 2. The number of hydrogen-bond donors (Lipinski definition) is 1. The predicted octanol–water partition coefficient (Wildman–Crippen LogP) is 1.54. The zero-order valence-electron chi connectivity index (χ0n) is 8.28. The van der Waals surface area contributed by atoms with Gasteiger partial charge >= 0.3 is 0 Å². The fourth-order valence-corrected chi connectivity index (χ4v) is 1.09. The van der Waals surface area contributed by atoms with Crippen molar-refractivity contribution < 1.29 is 14.7 Å². The molecule has 0 aliphatic rings. The first-order chi connectivity index (χ1) is 7.15. The van der Waals surface area contributed by atoms with E-state index in [1.165, 1.54) is 19.1 Å². The monoisotopic (exact) mass is 202 g/mol. The lowest BCUT2D eigenvalue weighted by Crippen LogP contribution is -1.93. The first kappa shape index (κ1) is 11.0. The normalized spacial score (nSPS) is 8.87. The van der Waals surface area contributed by atoms with E-state index in [4.69, 9.17) is 0 Å². The number of aldehydes is 1. The van der Waals surface area contributed by atoms with Crippen molar-refractivity contribution in [3.63, 3.8) is 0 Å². The van der Waals surface area contributed by atoms with Gasteiger partial charge in [0.25, 0.3) is 0 Å². The number of hydrogen-bond acceptors (Lipinski definition) is 3. The summed E-state index contributed by atoms with van der Waals surface area (Å²) >= 11 is 0. The van der Waals surface area contributed by atoms with Crippen molar-refractivity contribution in [2.45, 2.75) is 13.3 Å². The molecule has 0 unspecified atom stereocenters. The maximum atomic E-state index is 11.1. The molecule has 1 aromatic carbocycles. The molecule has 0 spiro atoms. The predicted molar refractivity (Wildman–Crippen MR) is 55.7 cm³/mol. The largest absolute Gasteiger partial charge is 0.507 e. The first-order valence-electron chi connectivity index (χ1n) is 4.41. The summed E-state index contributed by atoms with van der Waals surface area (Å²) in [5, 5.41) is 9.35. The van der Waals surface area contributed by atoms with Crippen molar-refractivity contribution in [2.24, 2.45) is 0 Å². The molecule has 0 amide bonds. The molecular weight excluding hydrogens is 192 g/mol. The molecule has 0 radical (unpaired) electrons. The lowest BCUT2D eigenvalue weighted by atomic mass is 10.1. The second-order valence-electron chi connectivity index (χ2n) is 2.96. The average molecular weight is 202 g/mol. The van der Waals surface area contributed by atoms with Gasteiger partial charge in [0.1, 0.15) is 12.0 Å². The Labute approximate surface area is 87.7 Å². The van der Waals surface area contributed by atoms with Gasteiger partial charge in [0.2, 0.25) is 0 Å². The number of benzene rings is 1. The molecule has 15 heavy (non-hydrogen) atoms. The molecule has 0 saturated carbocycles. The topological polar surface area (TPSA) is 54.4 Å². The van der Waals surface area contributed by atoms with Gasteiger partial charge in [0.05, 0.1) is 12.0 Å². The van der Waals surface area contributed by atoms with Crippen molar-refractivity contribution in [1.82, 2.24) is 0 Å². The Bertz CT molecular complexity index is 450. The number of phenolic OH excluding ortho intramolecular Hbond substituents is 1. The van der Waals surface area contributed by atoms with Crippen molar-refractivity contribution in [3.8, 4) is 17.6 Å². The minimum absolute atomic E-state index is 0.0524. The Morgan fingerprint density at radius 1 is 1.53 bits per heavy atom. The van der Waals surface area contributed by atoms with Crippen LogP contribution in [0.4, 0.5) is 0 Å². The Hall–Kier alpha value is -2.08. The van der Waals surface area contributed by atoms with Crippen LogP contribution in [0, 0.1) is 11.8 Å². The van der Waals surface area contributed by atoms with Crippen molar-refractivity contribution >= 4 is 12.1 Å². The summed E-state index contributed by atoms with van der Waals surface area (Å²) in [6.45, 7) is 1.37. The number of Topliss-reactive ketones (excluding diaryl/α,β-unsaturated/α-hetero) is 1. The van der Waals surface area contributed by atoms with Gasteiger partial charge in [-0.3, -0.25) is 4.79 Å². The highest BCUT2D eigenvalue weighted by Gasteiger charge is 2.05. The standard InChI is InChI=1S/C12H10O3/c1-9(14)11-8-10(4-2-3-7-13)5-6-12(11)15/h5-8,15H,3H2,1H3. The van der Waals surface area contributed by atoms with Crippen LogP contribution >= 0.6 is 0 Å². The van der Waals surface area contributed by atoms with Gasteiger partial charge in [-0.1, -0.05) is 11.8 Å². The smallest absolute Gasteiger partial charge is 0.163 e. The maximum absolute atomic E-state index is 11.1. The van der Waals surface area contributed by atoms with Crippen LogP contribution in [0.3, 0.4) is 0 Å². The summed E-state index contributed by atoms with van der Waals surface area (Å²) in [6.07, 6.45) is 0.871. The van der Waals surface area contributed by atoms with Crippen LogP contribution in [0.1, 0.15) is 29.3 Å².